The molecule has 0 amide bonds. The molecule has 140 valence electrons. The van der Waals surface area contributed by atoms with Gasteiger partial charge in [-0.25, -0.2) is 0 Å². The van der Waals surface area contributed by atoms with Crippen molar-refractivity contribution in [3.63, 3.8) is 0 Å². The van der Waals surface area contributed by atoms with Crippen LogP contribution < -0.4 is 0 Å². The van der Waals surface area contributed by atoms with Crippen molar-refractivity contribution in [1.29, 1.82) is 0 Å². The zero-order chi connectivity index (χ0) is 18.3. The van der Waals surface area contributed by atoms with Crippen molar-refractivity contribution < 1.29 is 19.7 Å². The summed E-state index contributed by atoms with van der Waals surface area (Å²) in [4.78, 5) is 0. The van der Waals surface area contributed by atoms with Gasteiger partial charge >= 0.3 is 0 Å². The molecule has 1 aromatic rings. The molecule has 2 N–H and O–H groups in total. The number of aliphatic hydroxyl groups excluding tert-OH is 2. The summed E-state index contributed by atoms with van der Waals surface area (Å²) in [5.41, 5.74) is 1.35. The van der Waals surface area contributed by atoms with Crippen LogP contribution in [-0.2, 0) is 15.9 Å². The highest BCUT2D eigenvalue weighted by molar-refractivity contribution is 5.14. The van der Waals surface area contributed by atoms with Gasteiger partial charge < -0.3 is 19.7 Å². The second-order valence-corrected chi connectivity index (χ2v) is 7.42. The first kappa shape index (κ1) is 20.1. The molecule has 4 atom stereocenters. The Hall–Kier alpha value is -1.20. The first-order valence-corrected chi connectivity index (χ1v) is 9.26. The van der Waals surface area contributed by atoms with Crippen LogP contribution in [0.5, 0.6) is 0 Å². The topological polar surface area (TPSA) is 58.9 Å². The predicted molar refractivity (Wildman–Crippen MR) is 99.3 cm³/mol. The first-order chi connectivity index (χ1) is 11.9. The van der Waals surface area contributed by atoms with E-state index in [-0.39, 0.29) is 12.2 Å². The molecule has 0 aromatic heterocycles. The molecule has 0 spiro atoms. The van der Waals surface area contributed by atoms with E-state index < -0.39 is 18.0 Å². The molecule has 0 radical (unpaired) electrons. The van der Waals surface area contributed by atoms with Crippen LogP contribution in [0.15, 0.2) is 43.0 Å². The number of aryl methyl sites for hydroxylation is 1. The molecule has 0 bridgehead atoms. The molecule has 4 heteroatoms. The van der Waals surface area contributed by atoms with E-state index in [1.54, 1.807) is 0 Å². The summed E-state index contributed by atoms with van der Waals surface area (Å²) in [6.07, 6.45) is 4.91. The Morgan fingerprint density at radius 3 is 2.56 bits per heavy atom. The van der Waals surface area contributed by atoms with Gasteiger partial charge in [-0.3, -0.25) is 0 Å². The Bertz CT molecular complexity index is 514. The van der Waals surface area contributed by atoms with Gasteiger partial charge in [0.25, 0.3) is 0 Å². The third kappa shape index (κ3) is 7.28. The van der Waals surface area contributed by atoms with Crippen molar-refractivity contribution in [1.82, 2.24) is 0 Å². The minimum Gasteiger partial charge on any atom is -0.393 e. The van der Waals surface area contributed by atoms with Gasteiger partial charge in [0, 0.05) is 12.8 Å². The summed E-state index contributed by atoms with van der Waals surface area (Å²) >= 11 is 0. The van der Waals surface area contributed by atoms with Crippen LogP contribution >= 0.6 is 0 Å². The van der Waals surface area contributed by atoms with Gasteiger partial charge in [-0.1, -0.05) is 36.4 Å². The van der Waals surface area contributed by atoms with Gasteiger partial charge in [-0.2, -0.15) is 0 Å². The lowest BCUT2D eigenvalue weighted by Crippen LogP contribution is -2.45. The second-order valence-electron chi connectivity index (χ2n) is 7.42. The average Bonchev–Trinajstić information content (AvgIpc) is 2.54. The van der Waals surface area contributed by atoms with Crippen molar-refractivity contribution in [2.45, 2.75) is 82.6 Å². The van der Waals surface area contributed by atoms with E-state index in [4.69, 9.17) is 9.47 Å². The average molecular weight is 348 g/mol. The Morgan fingerprint density at radius 2 is 1.88 bits per heavy atom. The summed E-state index contributed by atoms with van der Waals surface area (Å²) in [6, 6.07) is 10.5. The lowest BCUT2D eigenvalue weighted by molar-refractivity contribution is -0.303. The lowest BCUT2D eigenvalue weighted by atomic mass is 9.96. The number of hydrogen-bond donors (Lipinski definition) is 2. The normalized spacial score (nSPS) is 25.3. The minimum absolute atomic E-state index is 0.0579. The molecule has 4 nitrogen and oxygen atoms in total. The van der Waals surface area contributed by atoms with Gasteiger partial charge in [0.15, 0.2) is 5.79 Å². The molecule has 0 unspecified atom stereocenters. The number of benzene rings is 1. The predicted octanol–water partition coefficient (Wildman–Crippen LogP) is 3.61. The van der Waals surface area contributed by atoms with Crippen LogP contribution in [0.4, 0.5) is 0 Å². The molecule has 1 aromatic carbocycles. The number of hydrogen-bond acceptors (Lipinski definition) is 4. The molecule has 25 heavy (non-hydrogen) atoms. The molecule has 1 aliphatic rings. The smallest absolute Gasteiger partial charge is 0.163 e. The maximum absolute atomic E-state index is 10.2. The van der Waals surface area contributed by atoms with Crippen LogP contribution in [0.1, 0.15) is 51.5 Å². The molecule has 1 aliphatic heterocycles. The summed E-state index contributed by atoms with van der Waals surface area (Å²) in [6.45, 7) is 7.39. The molecule has 0 aliphatic carbocycles. The molecule has 1 heterocycles. The highest BCUT2D eigenvalue weighted by atomic mass is 16.7. The minimum atomic E-state index is -0.676. The number of ether oxygens (including phenoxy) is 2. The zero-order valence-corrected chi connectivity index (χ0v) is 15.4. The fraction of sp³-hybridized carbons (Fsp3) is 0.619. The van der Waals surface area contributed by atoms with E-state index in [1.165, 1.54) is 11.6 Å². The van der Waals surface area contributed by atoms with Crippen LogP contribution in [0.25, 0.3) is 0 Å². The van der Waals surface area contributed by atoms with Gasteiger partial charge in [0.2, 0.25) is 0 Å². The van der Waals surface area contributed by atoms with Crippen LogP contribution in [0.3, 0.4) is 0 Å². The van der Waals surface area contributed by atoms with Crippen LogP contribution in [0.2, 0.25) is 0 Å². The Labute approximate surface area is 151 Å². The molecular formula is C21H32O4. The maximum Gasteiger partial charge on any atom is 0.163 e. The highest BCUT2D eigenvalue weighted by Gasteiger charge is 2.36. The Balaban J connectivity index is 1.81. The fourth-order valence-electron chi connectivity index (χ4n) is 3.49. The molecule has 1 saturated heterocycles. The standard InChI is InChI=1S/C21H32O4/c1-4-17(22)13-18(23)14-20-15-19(24-21(2,3)25-20)12-8-11-16-9-6-5-7-10-16/h4-7,9-10,17-20,22-23H,1,8,11-15H2,2-3H3/t17-,18+,19+,20+/m1/s1. The van der Waals surface area contributed by atoms with E-state index in [9.17, 15) is 10.2 Å². The van der Waals surface area contributed by atoms with Crippen LogP contribution in [-0.4, -0.2) is 40.4 Å². The van der Waals surface area contributed by atoms with Gasteiger partial charge in [0.05, 0.1) is 24.4 Å². The molecular weight excluding hydrogens is 316 g/mol. The van der Waals surface area contributed by atoms with Crippen molar-refractivity contribution in [2.24, 2.45) is 0 Å². The molecule has 0 saturated carbocycles. The largest absolute Gasteiger partial charge is 0.393 e. The lowest BCUT2D eigenvalue weighted by Gasteiger charge is -2.41. The quantitative estimate of drug-likeness (QED) is 0.669. The molecule has 2 rings (SSSR count). The number of aliphatic hydroxyl groups is 2. The zero-order valence-electron chi connectivity index (χ0n) is 15.4. The Morgan fingerprint density at radius 1 is 1.20 bits per heavy atom. The second kappa shape index (κ2) is 9.48. The fourth-order valence-corrected chi connectivity index (χ4v) is 3.49. The van der Waals surface area contributed by atoms with Crippen molar-refractivity contribution in [3.05, 3.63) is 48.6 Å². The highest BCUT2D eigenvalue weighted by Crippen LogP contribution is 2.31. The van der Waals surface area contributed by atoms with E-state index in [0.717, 1.165) is 25.7 Å². The summed E-state index contributed by atoms with van der Waals surface area (Å²) in [5.74, 6) is -0.642. The number of rotatable bonds is 9. The maximum atomic E-state index is 10.2. The summed E-state index contributed by atoms with van der Waals surface area (Å²) < 4.78 is 12.0. The monoisotopic (exact) mass is 348 g/mol. The van der Waals surface area contributed by atoms with E-state index >= 15 is 0 Å². The van der Waals surface area contributed by atoms with Gasteiger partial charge in [-0.15, -0.1) is 6.58 Å². The van der Waals surface area contributed by atoms with Gasteiger partial charge in [0.1, 0.15) is 0 Å². The van der Waals surface area contributed by atoms with Gasteiger partial charge in [-0.05, 0) is 45.1 Å². The summed E-state index contributed by atoms with van der Waals surface area (Å²) in [5, 5.41) is 19.7. The summed E-state index contributed by atoms with van der Waals surface area (Å²) in [7, 11) is 0. The van der Waals surface area contributed by atoms with Crippen molar-refractivity contribution in [2.75, 3.05) is 0 Å². The third-order valence-electron chi connectivity index (χ3n) is 4.58. The van der Waals surface area contributed by atoms with Crippen molar-refractivity contribution in [3.8, 4) is 0 Å². The van der Waals surface area contributed by atoms with E-state index in [0.29, 0.717) is 12.8 Å². The van der Waals surface area contributed by atoms with E-state index in [2.05, 4.69) is 30.8 Å². The van der Waals surface area contributed by atoms with E-state index in [1.807, 2.05) is 19.9 Å². The third-order valence-corrected chi connectivity index (χ3v) is 4.58. The van der Waals surface area contributed by atoms with Crippen LogP contribution in [0, 0.1) is 0 Å². The van der Waals surface area contributed by atoms with Crippen molar-refractivity contribution >= 4 is 0 Å². The SMILES string of the molecule is C=C[C@@H](O)C[C@H](O)C[C@H]1C[C@H](CCCc2ccccc2)OC(C)(C)O1. The first-order valence-electron chi connectivity index (χ1n) is 9.26. The Kier molecular flexibility index (Phi) is 7.63. The molecule has 1 fully saturated rings.